The lowest BCUT2D eigenvalue weighted by atomic mass is 9.60. The van der Waals surface area contributed by atoms with E-state index in [2.05, 4.69) is 106 Å². The first-order valence-corrected chi connectivity index (χ1v) is 16.8. The van der Waals surface area contributed by atoms with Gasteiger partial charge in [0.1, 0.15) is 5.60 Å². The first kappa shape index (κ1) is 36.6. The van der Waals surface area contributed by atoms with E-state index >= 15 is 0 Å². The fourth-order valence-electron chi connectivity index (χ4n) is 6.99. The molecule has 0 unspecified atom stereocenters. The Labute approximate surface area is 283 Å². The van der Waals surface area contributed by atoms with Crippen LogP contribution in [0, 0.1) is 5.41 Å². The van der Waals surface area contributed by atoms with Gasteiger partial charge in [0.2, 0.25) is 0 Å². The highest BCUT2D eigenvalue weighted by molar-refractivity contribution is 5.55. The van der Waals surface area contributed by atoms with E-state index in [9.17, 15) is 20.4 Å². The van der Waals surface area contributed by atoms with Crippen molar-refractivity contribution in [2.45, 2.75) is 96.5 Å². The van der Waals surface area contributed by atoms with Crippen LogP contribution in [0.3, 0.4) is 0 Å². The van der Waals surface area contributed by atoms with Gasteiger partial charge in [-0.2, -0.15) is 0 Å². The van der Waals surface area contributed by atoms with Crippen molar-refractivity contribution in [1.29, 1.82) is 0 Å². The van der Waals surface area contributed by atoms with Crippen molar-refractivity contribution >= 4 is 0 Å². The minimum absolute atomic E-state index is 0.332. The second-order valence-electron chi connectivity index (χ2n) is 16.5. The standard InChI is InChI=1S/C43H56O4/c1-38(2,3)36-25-32(40(7,8)30-17-13-11-14-18-30)21-23-34(36)43(47,42(27-44,28-45)29-46)35-24-22-33(26-37(35)39(4,5)6)41(9,10)31-19-15-12-16-20-31/h11-26,44-47H,27-29H2,1-10H3. The highest BCUT2D eigenvalue weighted by atomic mass is 16.3. The van der Waals surface area contributed by atoms with Crippen LogP contribution < -0.4 is 0 Å². The maximum atomic E-state index is 13.5. The molecule has 4 aromatic carbocycles. The molecule has 4 nitrogen and oxygen atoms in total. The maximum absolute atomic E-state index is 13.5. The van der Waals surface area contributed by atoms with Crippen LogP contribution in [0.5, 0.6) is 0 Å². The molecule has 0 aliphatic heterocycles. The Morgan fingerprint density at radius 1 is 0.404 bits per heavy atom. The fraction of sp³-hybridized carbons (Fsp3) is 0.442. The van der Waals surface area contributed by atoms with Crippen molar-refractivity contribution in [1.82, 2.24) is 0 Å². The van der Waals surface area contributed by atoms with Crippen LogP contribution in [-0.2, 0) is 27.3 Å². The van der Waals surface area contributed by atoms with Gasteiger partial charge in [0.05, 0.1) is 25.2 Å². The largest absolute Gasteiger partial charge is 0.395 e. The van der Waals surface area contributed by atoms with E-state index in [4.69, 9.17) is 0 Å². The summed E-state index contributed by atoms with van der Waals surface area (Å²) in [7, 11) is 0. The molecule has 4 rings (SSSR count). The van der Waals surface area contributed by atoms with Crippen LogP contribution >= 0.6 is 0 Å². The van der Waals surface area contributed by atoms with Gasteiger partial charge in [0.15, 0.2) is 0 Å². The van der Waals surface area contributed by atoms with Crippen molar-refractivity contribution in [2.24, 2.45) is 5.41 Å². The zero-order valence-corrected chi connectivity index (χ0v) is 30.1. The summed E-state index contributed by atoms with van der Waals surface area (Å²) < 4.78 is 0. The zero-order chi connectivity index (χ0) is 35.1. The number of benzene rings is 4. The van der Waals surface area contributed by atoms with E-state index in [0.717, 1.165) is 22.3 Å². The summed E-state index contributed by atoms with van der Waals surface area (Å²) >= 11 is 0. The average Bonchev–Trinajstić information content (AvgIpc) is 3.05. The smallest absolute Gasteiger partial charge is 0.127 e. The molecule has 4 heteroatoms. The monoisotopic (exact) mass is 636 g/mol. The third-order valence-corrected chi connectivity index (χ3v) is 10.5. The number of rotatable bonds is 10. The van der Waals surface area contributed by atoms with Crippen LogP contribution in [0.25, 0.3) is 0 Å². The molecule has 0 aliphatic carbocycles. The van der Waals surface area contributed by atoms with Crippen molar-refractivity contribution in [3.8, 4) is 0 Å². The minimum atomic E-state index is -1.96. The van der Waals surface area contributed by atoms with Crippen LogP contribution in [0.1, 0.15) is 114 Å². The van der Waals surface area contributed by atoms with Gasteiger partial charge in [-0.25, -0.2) is 0 Å². The van der Waals surface area contributed by atoms with Crippen molar-refractivity contribution in [3.63, 3.8) is 0 Å². The lowest BCUT2D eigenvalue weighted by Crippen LogP contribution is -2.55. The van der Waals surface area contributed by atoms with E-state index in [0.29, 0.717) is 11.1 Å². The molecule has 252 valence electrons. The zero-order valence-electron chi connectivity index (χ0n) is 30.1. The molecule has 0 saturated heterocycles. The predicted molar refractivity (Wildman–Crippen MR) is 194 cm³/mol. The van der Waals surface area contributed by atoms with Crippen LogP contribution in [0.2, 0.25) is 0 Å². The Morgan fingerprint density at radius 2 is 0.723 bits per heavy atom. The Kier molecular flexibility index (Phi) is 10.1. The van der Waals surface area contributed by atoms with Gasteiger partial charge in [0.25, 0.3) is 0 Å². The van der Waals surface area contributed by atoms with Crippen LogP contribution in [0.4, 0.5) is 0 Å². The Hall–Kier alpha value is -3.28. The molecule has 0 heterocycles. The summed E-state index contributed by atoms with van der Waals surface area (Å²) in [6.45, 7) is 19.6. The summed E-state index contributed by atoms with van der Waals surface area (Å²) in [6.07, 6.45) is 0. The number of aliphatic hydroxyl groups is 4. The molecule has 0 saturated carbocycles. The lowest BCUT2D eigenvalue weighted by Gasteiger charge is -2.49. The van der Waals surface area contributed by atoms with Gasteiger partial charge in [-0.3, -0.25) is 0 Å². The topological polar surface area (TPSA) is 80.9 Å². The second kappa shape index (κ2) is 13.0. The molecule has 0 amide bonds. The molecule has 47 heavy (non-hydrogen) atoms. The molecule has 4 aromatic rings. The Morgan fingerprint density at radius 3 is 1.00 bits per heavy atom. The van der Waals surface area contributed by atoms with Crippen molar-refractivity contribution in [2.75, 3.05) is 19.8 Å². The summed E-state index contributed by atoms with van der Waals surface area (Å²) in [5, 5.41) is 46.5. The van der Waals surface area contributed by atoms with Gasteiger partial charge < -0.3 is 20.4 Å². The molecule has 0 radical (unpaired) electrons. The van der Waals surface area contributed by atoms with E-state index in [1.165, 1.54) is 11.1 Å². The van der Waals surface area contributed by atoms with Crippen molar-refractivity contribution < 1.29 is 20.4 Å². The SMILES string of the molecule is CC(C)(C)c1cc(C(C)(C)c2ccccc2)ccc1C(O)(c1ccc(C(C)(C)c2ccccc2)cc1C(C)(C)C)C(CO)(CO)CO. The van der Waals surface area contributed by atoms with E-state index in [1.807, 2.05) is 60.7 Å². The normalized spacial score (nSPS) is 13.6. The number of hydrogen-bond donors (Lipinski definition) is 4. The van der Waals surface area contributed by atoms with E-state index in [1.54, 1.807) is 0 Å². The van der Waals surface area contributed by atoms with Gasteiger partial charge in [-0.05, 0) is 55.3 Å². The molecule has 0 aromatic heterocycles. The Balaban J connectivity index is 2.10. The molecule has 0 aliphatic rings. The minimum Gasteiger partial charge on any atom is -0.395 e. The lowest BCUT2D eigenvalue weighted by molar-refractivity contribution is -0.137. The molecule has 0 fully saturated rings. The summed E-state index contributed by atoms with van der Waals surface area (Å²) in [5.74, 6) is 0. The van der Waals surface area contributed by atoms with Gasteiger partial charge in [-0.15, -0.1) is 0 Å². The predicted octanol–water partition coefficient (Wildman–Crippen LogP) is 8.13. The molecule has 0 spiro atoms. The first-order chi connectivity index (χ1) is 21.8. The maximum Gasteiger partial charge on any atom is 0.127 e. The van der Waals surface area contributed by atoms with E-state index in [-0.39, 0.29) is 10.8 Å². The van der Waals surface area contributed by atoms with Gasteiger partial charge in [-0.1, -0.05) is 166 Å². The first-order valence-electron chi connectivity index (χ1n) is 16.8. The molecule has 0 atom stereocenters. The Bertz CT molecular complexity index is 1530. The summed E-state index contributed by atoms with van der Waals surface area (Å²) in [4.78, 5) is 0. The van der Waals surface area contributed by atoms with Crippen molar-refractivity contribution in [3.05, 3.63) is 142 Å². The van der Waals surface area contributed by atoms with Crippen LogP contribution in [0.15, 0.2) is 97.1 Å². The summed E-state index contributed by atoms with van der Waals surface area (Å²) in [5.41, 5.74) is 2.22. The quantitative estimate of drug-likeness (QED) is 0.142. The fourth-order valence-corrected chi connectivity index (χ4v) is 6.99. The highest BCUT2D eigenvalue weighted by Gasteiger charge is 2.55. The molecule has 4 N–H and O–H groups in total. The van der Waals surface area contributed by atoms with E-state index < -0.39 is 41.7 Å². The highest BCUT2D eigenvalue weighted by Crippen LogP contribution is 2.52. The average molecular weight is 637 g/mol. The molecular formula is C43H56O4. The second-order valence-corrected chi connectivity index (χ2v) is 16.5. The third kappa shape index (κ3) is 6.46. The van der Waals surface area contributed by atoms with Gasteiger partial charge in [0, 0.05) is 10.8 Å². The number of aliphatic hydroxyl groups excluding tert-OH is 3. The van der Waals surface area contributed by atoms with Gasteiger partial charge >= 0.3 is 0 Å². The molecule has 0 bridgehead atoms. The summed E-state index contributed by atoms with van der Waals surface area (Å²) in [6, 6.07) is 33.0. The van der Waals surface area contributed by atoms with Crippen LogP contribution in [-0.4, -0.2) is 40.2 Å². The number of hydrogen-bond acceptors (Lipinski definition) is 4. The molecular weight excluding hydrogens is 580 g/mol. The third-order valence-electron chi connectivity index (χ3n) is 10.5.